The van der Waals surface area contributed by atoms with E-state index in [0.717, 1.165) is 45.1 Å². The van der Waals surface area contributed by atoms with E-state index in [4.69, 9.17) is 4.74 Å². The summed E-state index contributed by atoms with van der Waals surface area (Å²) in [6, 6.07) is 8.98. The lowest BCUT2D eigenvalue weighted by Crippen LogP contribution is -2.51. The van der Waals surface area contributed by atoms with Gasteiger partial charge >= 0.3 is 6.03 Å². The van der Waals surface area contributed by atoms with Crippen molar-refractivity contribution in [2.45, 2.75) is 56.7 Å². The Labute approximate surface area is 131 Å². The van der Waals surface area contributed by atoms with E-state index in [1.165, 1.54) is 11.1 Å². The lowest BCUT2D eigenvalue weighted by molar-refractivity contribution is 0.0549. The van der Waals surface area contributed by atoms with Crippen molar-refractivity contribution in [1.82, 2.24) is 10.6 Å². The van der Waals surface area contributed by atoms with Gasteiger partial charge in [-0.25, -0.2) is 4.79 Å². The number of nitrogens with one attached hydrogen (secondary N) is 2. The first-order valence-electron chi connectivity index (χ1n) is 8.55. The molecule has 1 aromatic carbocycles. The molecule has 4 heteroatoms. The van der Waals surface area contributed by atoms with Gasteiger partial charge in [0.15, 0.2) is 0 Å². The Balaban J connectivity index is 1.32. The molecule has 3 aliphatic rings. The molecule has 1 saturated heterocycles. The topological polar surface area (TPSA) is 50.4 Å². The Hall–Kier alpha value is -1.55. The van der Waals surface area contributed by atoms with Gasteiger partial charge in [0.1, 0.15) is 0 Å². The SMILES string of the molecule is O=C(NC1Cc2ccccc2C1)N[C@@H]1CCC[C@H]2OCC[C@H]12. The lowest BCUT2D eigenvalue weighted by atomic mass is 9.82. The van der Waals surface area contributed by atoms with Crippen LogP contribution in [0.3, 0.4) is 0 Å². The second kappa shape index (κ2) is 5.92. The fourth-order valence-electron chi connectivity index (χ4n) is 4.41. The zero-order chi connectivity index (χ0) is 14.9. The number of fused-ring (bicyclic) bond motifs is 2. The van der Waals surface area contributed by atoms with Gasteiger partial charge in [0, 0.05) is 24.6 Å². The molecule has 2 fully saturated rings. The Bertz CT molecular complexity index is 535. The average Bonchev–Trinajstić information content (AvgIpc) is 3.12. The number of hydrogen-bond donors (Lipinski definition) is 2. The van der Waals surface area contributed by atoms with E-state index < -0.39 is 0 Å². The summed E-state index contributed by atoms with van der Waals surface area (Å²) in [5.41, 5.74) is 2.74. The van der Waals surface area contributed by atoms with Crippen molar-refractivity contribution in [3.05, 3.63) is 35.4 Å². The van der Waals surface area contributed by atoms with Gasteiger partial charge in [-0.2, -0.15) is 0 Å². The highest BCUT2D eigenvalue weighted by Gasteiger charge is 2.38. The van der Waals surface area contributed by atoms with Crippen LogP contribution in [0.25, 0.3) is 0 Å². The van der Waals surface area contributed by atoms with Crippen LogP contribution in [-0.2, 0) is 17.6 Å². The minimum absolute atomic E-state index is 0.00430. The summed E-state index contributed by atoms with van der Waals surface area (Å²) >= 11 is 0. The quantitative estimate of drug-likeness (QED) is 0.881. The summed E-state index contributed by atoms with van der Waals surface area (Å²) in [6.07, 6.45) is 6.75. The van der Waals surface area contributed by atoms with Gasteiger partial charge in [-0.3, -0.25) is 0 Å². The van der Waals surface area contributed by atoms with Gasteiger partial charge in [0.25, 0.3) is 0 Å². The normalized spacial score (nSPS) is 30.6. The molecule has 118 valence electrons. The van der Waals surface area contributed by atoms with E-state index in [1.54, 1.807) is 0 Å². The van der Waals surface area contributed by atoms with E-state index in [-0.39, 0.29) is 18.1 Å². The van der Waals surface area contributed by atoms with Crippen LogP contribution in [0.1, 0.15) is 36.8 Å². The van der Waals surface area contributed by atoms with Crippen molar-refractivity contribution in [2.24, 2.45) is 5.92 Å². The summed E-state index contributed by atoms with van der Waals surface area (Å²) in [4.78, 5) is 12.3. The standard InChI is InChI=1S/C18H24N2O2/c21-18(19-14-10-12-4-1-2-5-13(12)11-14)20-16-6-3-7-17-15(16)8-9-22-17/h1-2,4-5,14-17H,3,6-11H2,(H2,19,20,21)/t15-,16-,17-/m1/s1. The number of hydrogen-bond acceptors (Lipinski definition) is 2. The van der Waals surface area contributed by atoms with Gasteiger partial charge in [-0.1, -0.05) is 24.3 Å². The maximum Gasteiger partial charge on any atom is 0.315 e. The number of carbonyl (C=O) groups excluding carboxylic acids is 1. The summed E-state index contributed by atoms with van der Waals surface area (Å²) in [5, 5.41) is 6.38. The first kappa shape index (κ1) is 14.1. The van der Waals surface area contributed by atoms with Crippen LogP contribution in [0.2, 0.25) is 0 Å². The van der Waals surface area contributed by atoms with Gasteiger partial charge in [0.05, 0.1) is 6.10 Å². The molecule has 0 bridgehead atoms. The summed E-state index contributed by atoms with van der Waals surface area (Å²) in [5.74, 6) is 0.514. The van der Waals surface area contributed by atoms with Crippen LogP contribution in [0.5, 0.6) is 0 Å². The molecule has 22 heavy (non-hydrogen) atoms. The van der Waals surface area contributed by atoms with Crippen molar-refractivity contribution in [3.63, 3.8) is 0 Å². The van der Waals surface area contributed by atoms with Crippen molar-refractivity contribution in [1.29, 1.82) is 0 Å². The molecule has 1 heterocycles. The molecule has 0 unspecified atom stereocenters. The maximum atomic E-state index is 12.3. The first-order valence-corrected chi connectivity index (χ1v) is 8.55. The van der Waals surface area contributed by atoms with Crippen molar-refractivity contribution in [3.8, 4) is 0 Å². The predicted molar refractivity (Wildman–Crippen MR) is 84.8 cm³/mol. The van der Waals surface area contributed by atoms with Gasteiger partial charge in [-0.15, -0.1) is 0 Å². The van der Waals surface area contributed by atoms with Crippen LogP contribution >= 0.6 is 0 Å². The highest BCUT2D eigenvalue weighted by Crippen LogP contribution is 2.34. The first-order chi connectivity index (χ1) is 10.8. The highest BCUT2D eigenvalue weighted by molar-refractivity contribution is 5.75. The van der Waals surface area contributed by atoms with Crippen LogP contribution in [0.15, 0.2) is 24.3 Å². The number of ether oxygens (including phenoxy) is 1. The number of carbonyl (C=O) groups is 1. The monoisotopic (exact) mass is 300 g/mol. The fourth-order valence-corrected chi connectivity index (χ4v) is 4.41. The molecule has 0 aromatic heterocycles. The molecule has 2 aliphatic carbocycles. The Morgan fingerprint density at radius 2 is 1.82 bits per heavy atom. The van der Waals surface area contributed by atoms with Gasteiger partial charge in [-0.05, 0) is 49.7 Å². The smallest absolute Gasteiger partial charge is 0.315 e. The minimum Gasteiger partial charge on any atom is -0.378 e. The van der Waals surface area contributed by atoms with E-state index in [2.05, 4.69) is 34.9 Å². The van der Waals surface area contributed by atoms with Crippen molar-refractivity contribution >= 4 is 6.03 Å². The van der Waals surface area contributed by atoms with E-state index >= 15 is 0 Å². The molecule has 2 N–H and O–H groups in total. The Morgan fingerprint density at radius 3 is 2.59 bits per heavy atom. The molecule has 4 nitrogen and oxygen atoms in total. The number of benzene rings is 1. The molecule has 0 spiro atoms. The van der Waals surface area contributed by atoms with Gasteiger partial charge < -0.3 is 15.4 Å². The molecule has 1 saturated carbocycles. The Morgan fingerprint density at radius 1 is 1.05 bits per heavy atom. The summed E-state index contributed by atoms with van der Waals surface area (Å²) in [6.45, 7) is 0.854. The third kappa shape index (κ3) is 2.72. The third-order valence-corrected chi connectivity index (χ3v) is 5.48. The minimum atomic E-state index is -0.00430. The van der Waals surface area contributed by atoms with Crippen molar-refractivity contribution < 1.29 is 9.53 Å². The van der Waals surface area contributed by atoms with Gasteiger partial charge in [0.2, 0.25) is 0 Å². The van der Waals surface area contributed by atoms with E-state index in [1.807, 2.05) is 0 Å². The zero-order valence-corrected chi connectivity index (χ0v) is 12.9. The third-order valence-electron chi connectivity index (χ3n) is 5.48. The fraction of sp³-hybridized carbons (Fsp3) is 0.611. The molecule has 2 amide bonds. The molecule has 3 atom stereocenters. The summed E-state index contributed by atoms with van der Waals surface area (Å²) < 4.78 is 5.77. The molecule has 1 aromatic rings. The summed E-state index contributed by atoms with van der Waals surface area (Å²) in [7, 11) is 0. The number of amides is 2. The molecule has 1 aliphatic heterocycles. The second-order valence-electron chi connectivity index (χ2n) is 6.89. The Kier molecular flexibility index (Phi) is 3.78. The number of urea groups is 1. The van der Waals surface area contributed by atoms with Crippen LogP contribution in [-0.4, -0.2) is 30.8 Å². The van der Waals surface area contributed by atoms with E-state index in [9.17, 15) is 4.79 Å². The molecular formula is C18H24N2O2. The van der Waals surface area contributed by atoms with Crippen LogP contribution in [0.4, 0.5) is 4.79 Å². The second-order valence-corrected chi connectivity index (χ2v) is 6.89. The van der Waals surface area contributed by atoms with Crippen molar-refractivity contribution in [2.75, 3.05) is 6.61 Å². The highest BCUT2D eigenvalue weighted by atomic mass is 16.5. The lowest BCUT2D eigenvalue weighted by Gasteiger charge is -2.33. The zero-order valence-electron chi connectivity index (χ0n) is 12.9. The van der Waals surface area contributed by atoms with Crippen LogP contribution < -0.4 is 10.6 Å². The largest absolute Gasteiger partial charge is 0.378 e. The maximum absolute atomic E-state index is 12.3. The predicted octanol–water partition coefficient (Wildman–Crippen LogP) is 2.41. The average molecular weight is 300 g/mol. The number of rotatable bonds is 2. The molecule has 0 radical (unpaired) electrons. The van der Waals surface area contributed by atoms with E-state index in [0.29, 0.717) is 12.0 Å². The molecular weight excluding hydrogens is 276 g/mol. The van der Waals surface area contributed by atoms with Crippen LogP contribution in [0, 0.1) is 5.92 Å². The molecule has 4 rings (SSSR count).